The van der Waals surface area contributed by atoms with Crippen molar-refractivity contribution in [2.45, 2.75) is 42.7 Å². The minimum atomic E-state index is -3.42. The number of rotatable bonds is 6. The van der Waals surface area contributed by atoms with Crippen molar-refractivity contribution >= 4 is 43.5 Å². The lowest BCUT2D eigenvalue weighted by molar-refractivity contribution is 0.122. The van der Waals surface area contributed by atoms with Crippen LogP contribution in [-0.4, -0.2) is 73.1 Å². The summed E-state index contributed by atoms with van der Waals surface area (Å²) >= 11 is 0. The van der Waals surface area contributed by atoms with Crippen LogP contribution < -0.4 is 15.0 Å². The number of fused-ring (bicyclic) bond motifs is 2. The zero-order valence-electron chi connectivity index (χ0n) is 20.5. The molecule has 5 heterocycles. The minimum absolute atomic E-state index is 0.0513. The fraction of sp³-hybridized carbons (Fsp3) is 0.440. The molecular formula is C25H28N6O5S. The summed E-state index contributed by atoms with van der Waals surface area (Å²) < 4.78 is 41.9. The predicted octanol–water partition coefficient (Wildman–Crippen LogP) is 3.21. The minimum Gasteiger partial charge on any atom is -0.474 e. The Balaban J connectivity index is 1.22. The number of ether oxygens (including phenoxy) is 2. The third-order valence-electron chi connectivity index (χ3n) is 6.91. The molecule has 1 saturated heterocycles. The van der Waals surface area contributed by atoms with Gasteiger partial charge in [-0.25, -0.2) is 18.4 Å². The molecule has 0 radical (unpaired) electrons. The van der Waals surface area contributed by atoms with Crippen LogP contribution in [0.5, 0.6) is 5.88 Å². The van der Waals surface area contributed by atoms with Crippen LogP contribution >= 0.6 is 0 Å². The van der Waals surface area contributed by atoms with Crippen LogP contribution in [0.15, 0.2) is 46.3 Å². The molecule has 0 atom stereocenters. The molecule has 0 bridgehead atoms. The average Bonchev–Trinajstić information content (AvgIpc) is 3.39. The molecule has 0 aromatic carbocycles. The van der Waals surface area contributed by atoms with Crippen LogP contribution in [0.25, 0.3) is 22.0 Å². The maximum Gasteiger partial charge on any atom is 0.225 e. The fourth-order valence-electron chi connectivity index (χ4n) is 4.88. The SMILES string of the molecule is CS(=O)(=O)c1cnc2cc(N3CCOCC3)nc(OC3CCC(Nc4ncnc5ccoc45)CC3)c2c1. The van der Waals surface area contributed by atoms with Gasteiger partial charge in [0.25, 0.3) is 0 Å². The summed E-state index contributed by atoms with van der Waals surface area (Å²) in [5.74, 6) is 1.87. The van der Waals surface area contributed by atoms with Crippen LogP contribution in [0, 0.1) is 0 Å². The number of hydrogen-bond donors (Lipinski definition) is 1. The molecule has 1 N–H and O–H groups in total. The number of morpholine rings is 1. The van der Waals surface area contributed by atoms with Crippen molar-refractivity contribution in [3.8, 4) is 5.88 Å². The fourth-order valence-corrected chi connectivity index (χ4v) is 5.45. The van der Waals surface area contributed by atoms with Gasteiger partial charge in [0.05, 0.1) is 35.3 Å². The van der Waals surface area contributed by atoms with Gasteiger partial charge in [0.15, 0.2) is 21.2 Å². The number of sulfone groups is 1. The first kappa shape index (κ1) is 23.9. The molecule has 12 heteroatoms. The summed E-state index contributed by atoms with van der Waals surface area (Å²) in [7, 11) is -3.42. The first-order valence-electron chi connectivity index (χ1n) is 12.4. The molecule has 6 rings (SSSR count). The van der Waals surface area contributed by atoms with Crippen molar-refractivity contribution in [3.63, 3.8) is 0 Å². The second-order valence-electron chi connectivity index (χ2n) is 9.49. The number of nitrogens with zero attached hydrogens (tertiary/aromatic N) is 5. The molecule has 0 amide bonds. The van der Waals surface area contributed by atoms with Crippen LogP contribution in [0.4, 0.5) is 11.6 Å². The van der Waals surface area contributed by atoms with E-state index in [1.165, 1.54) is 18.8 Å². The van der Waals surface area contributed by atoms with E-state index in [-0.39, 0.29) is 17.0 Å². The molecule has 1 aliphatic carbocycles. The number of nitrogens with one attached hydrogen (secondary N) is 1. The quantitative estimate of drug-likeness (QED) is 0.399. The van der Waals surface area contributed by atoms with Crippen LogP contribution in [0.1, 0.15) is 25.7 Å². The average molecular weight is 525 g/mol. The monoisotopic (exact) mass is 524 g/mol. The zero-order valence-corrected chi connectivity index (χ0v) is 21.3. The van der Waals surface area contributed by atoms with E-state index < -0.39 is 9.84 Å². The van der Waals surface area contributed by atoms with Crippen molar-refractivity contribution in [2.24, 2.45) is 0 Å². The molecule has 37 heavy (non-hydrogen) atoms. The Morgan fingerprint density at radius 1 is 1.05 bits per heavy atom. The Morgan fingerprint density at radius 3 is 2.65 bits per heavy atom. The molecule has 0 spiro atoms. The summed E-state index contributed by atoms with van der Waals surface area (Å²) in [6, 6.07) is 5.54. The summed E-state index contributed by atoms with van der Waals surface area (Å²) in [5.41, 5.74) is 2.08. The summed E-state index contributed by atoms with van der Waals surface area (Å²) in [5, 5.41) is 4.09. The van der Waals surface area contributed by atoms with E-state index in [0.29, 0.717) is 41.4 Å². The maximum absolute atomic E-state index is 12.2. The van der Waals surface area contributed by atoms with Gasteiger partial charge in [0.2, 0.25) is 5.88 Å². The number of hydrogen-bond acceptors (Lipinski definition) is 11. The topological polar surface area (TPSA) is 133 Å². The second-order valence-corrected chi connectivity index (χ2v) is 11.5. The Morgan fingerprint density at radius 2 is 1.86 bits per heavy atom. The smallest absolute Gasteiger partial charge is 0.225 e. The van der Waals surface area contributed by atoms with Crippen molar-refractivity contribution in [1.82, 2.24) is 19.9 Å². The van der Waals surface area contributed by atoms with Crippen LogP contribution in [0.3, 0.4) is 0 Å². The Kier molecular flexibility index (Phi) is 6.29. The van der Waals surface area contributed by atoms with Crippen LogP contribution in [-0.2, 0) is 14.6 Å². The largest absolute Gasteiger partial charge is 0.474 e. The van der Waals surface area contributed by atoms with Crippen molar-refractivity contribution in [1.29, 1.82) is 0 Å². The van der Waals surface area contributed by atoms with Crippen molar-refractivity contribution < 1.29 is 22.3 Å². The Hall–Kier alpha value is -3.51. The molecule has 4 aromatic rings. The number of pyridine rings is 2. The van der Waals surface area contributed by atoms with E-state index in [1.807, 2.05) is 12.1 Å². The van der Waals surface area contributed by atoms with E-state index >= 15 is 0 Å². The van der Waals surface area contributed by atoms with E-state index in [0.717, 1.165) is 50.1 Å². The lowest BCUT2D eigenvalue weighted by Gasteiger charge is -2.31. The lowest BCUT2D eigenvalue weighted by atomic mass is 9.93. The third kappa shape index (κ3) is 5.03. The highest BCUT2D eigenvalue weighted by Gasteiger charge is 2.26. The van der Waals surface area contributed by atoms with Gasteiger partial charge in [-0.05, 0) is 31.7 Å². The molecule has 1 aliphatic heterocycles. The highest BCUT2D eigenvalue weighted by Crippen LogP contribution is 2.33. The van der Waals surface area contributed by atoms with Gasteiger partial charge in [0, 0.05) is 43.7 Å². The number of furan rings is 1. The molecule has 0 unspecified atom stereocenters. The standard InChI is InChI=1S/C25H28N6O5S/c1-37(32,33)18-12-19-21(26-14-18)13-22(31-7-10-34-11-8-31)30-25(19)36-17-4-2-16(3-5-17)29-24-23-20(6-9-35-23)27-15-28-24/h6,9,12-17H,2-5,7-8,10-11H2,1H3,(H,27,28,29). The molecule has 2 aliphatic rings. The summed E-state index contributed by atoms with van der Waals surface area (Å²) in [6.45, 7) is 2.71. The lowest BCUT2D eigenvalue weighted by Crippen LogP contribution is -2.37. The van der Waals surface area contributed by atoms with E-state index in [4.69, 9.17) is 18.9 Å². The predicted molar refractivity (Wildman–Crippen MR) is 138 cm³/mol. The van der Waals surface area contributed by atoms with Gasteiger partial charge in [-0.1, -0.05) is 0 Å². The van der Waals surface area contributed by atoms with E-state index in [1.54, 1.807) is 12.3 Å². The summed E-state index contributed by atoms with van der Waals surface area (Å²) in [6.07, 6.45) is 9.05. The molecule has 4 aromatic heterocycles. The summed E-state index contributed by atoms with van der Waals surface area (Å²) in [4.78, 5) is 20.1. The van der Waals surface area contributed by atoms with E-state index in [9.17, 15) is 8.42 Å². The van der Waals surface area contributed by atoms with E-state index in [2.05, 4.69) is 25.2 Å². The van der Waals surface area contributed by atoms with Gasteiger partial charge in [-0.3, -0.25) is 4.98 Å². The number of aromatic nitrogens is 4. The Bertz CT molecular complexity index is 1530. The van der Waals surface area contributed by atoms with Crippen molar-refractivity contribution in [2.75, 3.05) is 42.8 Å². The third-order valence-corrected chi connectivity index (χ3v) is 7.99. The van der Waals surface area contributed by atoms with Gasteiger partial charge in [-0.2, -0.15) is 4.98 Å². The van der Waals surface area contributed by atoms with Gasteiger partial charge in [0.1, 0.15) is 23.8 Å². The molecule has 2 fully saturated rings. The van der Waals surface area contributed by atoms with Gasteiger partial charge >= 0.3 is 0 Å². The molecule has 1 saturated carbocycles. The first-order valence-corrected chi connectivity index (χ1v) is 14.3. The molecular weight excluding hydrogens is 496 g/mol. The second kappa shape index (κ2) is 9.75. The maximum atomic E-state index is 12.2. The Labute approximate surface area is 214 Å². The molecule has 11 nitrogen and oxygen atoms in total. The molecule has 194 valence electrons. The van der Waals surface area contributed by atoms with Gasteiger partial charge < -0.3 is 24.1 Å². The normalized spacial score (nSPS) is 20.8. The highest BCUT2D eigenvalue weighted by atomic mass is 32.2. The highest BCUT2D eigenvalue weighted by molar-refractivity contribution is 7.90. The zero-order chi connectivity index (χ0) is 25.4. The van der Waals surface area contributed by atoms with Crippen molar-refractivity contribution in [3.05, 3.63) is 37.0 Å². The first-order chi connectivity index (χ1) is 17.9. The van der Waals surface area contributed by atoms with Gasteiger partial charge in [-0.15, -0.1) is 0 Å². The van der Waals surface area contributed by atoms with Crippen LogP contribution in [0.2, 0.25) is 0 Å². The number of anilines is 2.